The van der Waals surface area contributed by atoms with Gasteiger partial charge in [0.2, 0.25) is 11.1 Å². The van der Waals surface area contributed by atoms with Gasteiger partial charge in [-0.1, -0.05) is 47.1 Å². The van der Waals surface area contributed by atoms with Crippen molar-refractivity contribution >= 4 is 40.9 Å². The second-order valence-electron chi connectivity index (χ2n) is 5.81. The molecule has 27 heavy (non-hydrogen) atoms. The van der Waals surface area contributed by atoms with Crippen LogP contribution in [0.3, 0.4) is 0 Å². The summed E-state index contributed by atoms with van der Waals surface area (Å²) in [4.78, 5) is 12.2. The molecule has 0 fully saturated rings. The largest absolute Gasteiger partial charge is 0.349 e. The molecule has 9 heteroatoms. The summed E-state index contributed by atoms with van der Waals surface area (Å²) in [7, 11) is 0. The molecule has 3 aromatic rings. The van der Waals surface area contributed by atoms with Gasteiger partial charge < -0.3 is 11.2 Å². The third-order valence-corrected chi connectivity index (χ3v) is 5.29. The molecule has 0 unspecified atom stereocenters. The fourth-order valence-electron chi connectivity index (χ4n) is 2.42. The van der Waals surface area contributed by atoms with Crippen molar-refractivity contribution in [3.63, 3.8) is 0 Å². The van der Waals surface area contributed by atoms with Crippen LogP contribution in [0.1, 0.15) is 18.5 Å². The number of nitrogens with two attached hydrogens (primary N) is 1. The molecule has 0 spiro atoms. The molecule has 0 saturated carbocycles. The predicted octanol–water partition coefficient (Wildman–Crippen LogP) is 3.94. The quantitative estimate of drug-likeness (QED) is 0.464. The van der Waals surface area contributed by atoms with Crippen molar-refractivity contribution < 1.29 is 4.79 Å². The number of carbonyl (C=O) groups excluding carboxylic acids is 1. The standard InChI is InChI=1S/C18H17Cl2N5OS/c1-11(12-2-6-14(19)7-3-12)22-16(26)10-27-18-24-23-17(25(18)21)13-4-8-15(20)9-5-13/h2-9,11H,10,21H2,1H3,(H,22,26)/t11-/m1/s1. The molecule has 0 aliphatic rings. The molecule has 1 amide bonds. The zero-order valence-corrected chi connectivity index (χ0v) is 16.7. The summed E-state index contributed by atoms with van der Waals surface area (Å²) in [5.74, 6) is 6.61. The Labute approximate surface area is 171 Å². The first-order chi connectivity index (χ1) is 12.9. The molecule has 0 bridgehead atoms. The smallest absolute Gasteiger partial charge is 0.230 e. The Morgan fingerprint density at radius 2 is 1.70 bits per heavy atom. The summed E-state index contributed by atoms with van der Waals surface area (Å²) >= 11 is 13.0. The number of amides is 1. The Morgan fingerprint density at radius 1 is 1.11 bits per heavy atom. The van der Waals surface area contributed by atoms with E-state index in [1.807, 2.05) is 31.2 Å². The van der Waals surface area contributed by atoms with Crippen LogP contribution >= 0.6 is 35.0 Å². The zero-order chi connectivity index (χ0) is 19.4. The Kier molecular flexibility index (Phi) is 6.26. The second kappa shape index (κ2) is 8.65. The summed E-state index contributed by atoms with van der Waals surface area (Å²) in [6, 6.07) is 14.4. The van der Waals surface area contributed by atoms with Gasteiger partial charge in [-0.25, -0.2) is 4.68 Å². The minimum absolute atomic E-state index is 0.126. The maximum atomic E-state index is 12.2. The highest BCUT2D eigenvalue weighted by molar-refractivity contribution is 7.99. The first kappa shape index (κ1) is 19.5. The van der Waals surface area contributed by atoms with E-state index >= 15 is 0 Å². The topological polar surface area (TPSA) is 85.8 Å². The van der Waals surface area contributed by atoms with Gasteiger partial charge in [0, 0.05) is 15.6 Å². The Hall–Kier alpha value is -2.22. The van der Waals surface area contributed by atoms with Crippen molar-refractivity contribution in [3.05, 3.63) is 64.1 Å². The number of hydrogen-bond acceptors (Lipinski definition) is 5. The van der Waals surface area contributed by atoms with Crippen LogP contribution in [-0.4, -0.2) is 26.5 Å². The normalized spacial score (nSPS) is 12.0. The molecule has 0 radical (unpaired) electrons. The van der Waals surface area contributed by atoms with E-state index < -0.39 is 0 Å². The van der Waals surface area contributed by atoms with Gasteiger partial charge in [0.15, 0.2) is 5.82 Å². The third-order valence-electron chi connectivity index (χ3n) is 3.85. The van der Waals surface area contributed by atoms with E-state index in [1.54, 1.807) is 24.3 Å². The van der Waals surface area contributed by atoms with Crippen molar-refractivity contribution in [2.45, 2.75) is 18.1 Å². The lowest BCUT2D eigenvalue weighted by Gasteiger charge is -2.14. The summed E-state index contributed by atoms with van der Waals surface area (Å²) in [6.07, 6.45) is 0. The summed E-state index contributed by atoms with van der Waals surface area (Å²) in [6.45, 7) is 1.91. The lowest BCUT2D eigenvalue weighted by atomic mass is 10.1. The van der Waals surface area contributed by atoms with E-state index in [2.05, 4.69) is 15.5 Å². The molecule has 0 saturated heterocycles. The van der Waals surface area contributed by atoms with Crippen molar-refractivity contribution in [2.75, 3.05) is 11.6 Å². The first-order valence-corrected chi connectivity index (χ1v) is 9.82. The van der Waals surface area contributed by atoms with Gasteiger partial charge in [-0.15, -0.1) is 10.2 Å². The number of rotatable bonds is 6. The number of nitrogen functional groups attached to an aromatic ring is 1. The van der Waals surface area contributed by atoms with Crippen LogP contribution in [0.5, 0.6) is 0 Å². The molecule has 3 N–H and O–H groups in total. The second-order valence-corrected chi connectivity index (χ2v) is 7.63. The van der Waals surface area contributed by atoms with E-state index in [4.69, 9.17) is 29.0 Å². The number of carbonyl (C=O) groups is 1. The highest BCUT2D eigenvalue weighted by Gasteiger charge is 2.15. The molecule has 0 aliphatic heterocycles. The molecule has 2 aromatic carbocycles. The molecule has 1 atom stereocenters. The van der Waals surface area contributed by atoms with Crippen molar-refractivity contribution in [3.8, 4) is 11.4 Å². The number of aromatic nitrogens is 3. The minimum atomic E-state index is -0.129. The number of thioether (sulfide) groups is 1. The van der Waals surface area contributed by atoms with Gasteiger partial charge in [0.25, 0.3) is 0 Å². The maximum Gasteiger partial charge on any atom is 0.230 e. The van der Waals surface area contributed by atoms with Crippen LogP contribution in [0.2, 0.25) is 10.0 Å². The molecule has 1 heterocycles. The first-order valence-electron chi connectivity index (χ1n) is 8.08. The fraction of sp³-hybridized carbons (Fsp3) is 0.167. The van der Waals surface area contributed by atoms with Crippen LogP contribution < -0.4 is 11.2 Å². The van der Waals surface area contributed by atoms with Crippen molar-refractivity contribution in [1.29, 1.82) is 0 Å². The van der Waals surface area contributed by atoms with Gasteiger partial charge in [0.1, 0.15) is 0 Å². The Balaban J connectivity index is 1.59. The molecule has 6 nitrogen and oxygen atoms in total. The van der Waals surface area contributed by atoms with Crippen molar-refractivity contribution in [1.82, 2.24) is 20.2 Å². The lowest BCUT2D eigenvalue weighted by molar-refractivity contribution is -0.119. The van der Waals surface area contributed by atoms with E-state index in [9.17, 15) is 4.79 Å². The van der Waals surface area contributed by atoms with Crippen LogP contribution in [0.25, 0.3) is 11.4 Å². The fourth-order valence-corrected chi connectivity index (χ4v) is 3.34. The highest BCUT2D eigenvalue weighted by atomic mass is 35.5. The van der Waals surface area contributed by atoms with Crippen LogP contribution in [0, 0.1) is 0 Å². The van der Waals surface area contributed by atoms with E-state index in [-0.39, 0.29) is 17.7 Å². The third kappa shape index (κ3) is 4.94. The van der Waals surface area contributed by atoms with Gasteiger partial charge in [-0.2, -0.15) is 0 Å². The van der Waals surface area contributed by atoms with Crippen molar-refractivity contribution in [2.24, 2.45) is 0 Å². The number of nitrogens with zero attached hydrogens (tertiary/aromatic N) is 3. The number of halogens is 2. The average Bonchev–Trinajstić information content (AvgIpc) is 3.02. The highest BCUT2D eigenvalue weighted by Crippen LogP contribution is 2.23. The average molecular weight is 422 g/mol. The number of hydrogen-bond donors (Lipinski definition) is 2. The molecular weight excluding hydrogens is 405 g/mol. The van der Waals surface area contributed by atoms with E-state index in [1.165, 1.54) is 16.4 Å². The van der Waals surface area contributed by atoms with Crippen LogP contribution in [0.4, 0.5) is 0 Å². The molecule has 0 aliphatic carbocycles. The zero-order valence-electron chi connectivity index (χ0n) is 14.4. The molecule has 140 valence electrons. The van der Waals surface area contributed by atoms with Gasteiger partial charge in [-0.05, 0) is 48.9 Å². The van der Waals surface area contributed by atoms with Crippen LogP contribution in [0.15, 0.2) is 53.7 Å². The van der Waals surface area contributed by atoms with E-state index in [0.29, 0.717) is 21.0 Å². The lowest BCUT2D eigenvalue weighted by Crippen LogP contribution is -2.28. The molecule has 1 aromatic heterocycles. The Morgan fingerprint density at radius 3 is 2.33 bits per heavy atom. The Bertz CT molecular complexity index is 928. The summed E-state index contributed by atoms with van der Waals surface area (Å²) in [5, 5.41) is 12.8. The monoisotopic (exact) mass is 421 g/mol. The maximum absolute atomic E-state index is 12.2. The van der Waals surface area contributed by atoms with Crippen LogP contribution in [-0.2, 0) is 4.79 Å². The summed E-state index contributed by atoms with van der Waals surface area (Å²) in [5.41, 5.74) is 1.77. The predicted molar refractivity (Wildman–Crippen MR) is 109 cm³/mol. The van der Waals surface area contributed by atoms with Gasteiger partial charge >= 0.3 is 0 Å². The minimum Gasteiger partial charge on any atom is -0.349 e. The van der Waals surface area contributed by atoms with Gasteiger partial charge in [0.05, 0.1) is 11.8 Å². The van der Waals surface area contributed by atoms with Gasteiger partial charge in [-0.3, -0.25) is 4.79 Å². The molecule has 3 rings (SSSR count). The summed E-state index contributed by atoms with van der Waals surface area (Å²) < 4.78 is 1.36. The van der Waals surface area contributed by atoms with E-state index in [0.717, 1.165) is 11.1 Å². The molecular formula is C18H17Cl2N5OS. The number of benzene rings is 2. The SMILES string of the molecule is C[C@@H](NC(=O)CSc1nnc(-c2ccc(Cl)cc2)n1N)c1ccc(Cl)cc1. The number of nitrogens with one attached hydrogen (secondary N) is 1.